The minimum absolute atomic E-state index is 0.0381. The maximum absolute atomic E-state index is 13.5. The van der Waals surface area contributed by atoms with Gasteiger partial charge in [-0.25, -0.2) is 4.79 Å². The highest BCUT2D eigenvalue weighted by Crippen LogP contribution is 2.47. The van der Waals surface area contributed by atoms with Gasteiger partial charge in [-0.15, -0.1) is 0 Å². The molecule has 0 N–H and O–H groups in total. The van der Waals surface area contributed by atoms with E-state index in [1.165, 1.54) is 6.42 Å². The lowest BCUT2D eigenvalue weighted by Crippen LogP contribution is -2.44. The average Bonchev–Trinajstić information content (AvgIpc) is 2.73. The molecule has 2 saturated carbocycles. The van der Waals surface area contributed by atoms with E-state index in [1.54, 1.807) is 0 Å². The van der Waals surface area contributed by atoms with Crippen LogP contribution < -0.4 is 4.74 Å². The van der Waals surface area contributed by atoms with E-state index in [9.17, 15) is 9.59 Å². The van der Waals surface area contributed by atoms with E-state index in [0.29, 0.717) is 24.3 Å². The molecule has 4 rings (SSSR count). The highest BCUT2D eigenvalue weighted by molar-refractivity contribution is 6.12. The van der Waals surface area contributed by atoms with Crippen molar-refractivity contribution in [3.8, 4) is 5.75 Å². The summed E-state index contributed by atoms with van der Waals surface area (Å²) in [6, 6.07) is 7.79. The van der Waals surface area contributed by atoms with Crippen molar-refractivity contribution >= 4 is 17.5 Å². The summed E-state index contributed by atoms with van der Waals surface area (Å²) in [7, 11) is 0. The quantitative estimate of drug-likeness (QED) is 0.548. The monoisotopic (exact) mass is 437 g/mol. The van der Waals surface area contributed by atoms with E-state index in [4.69, 9.17) is 14.5 Å². The summed E-state index contributed by atoms with van der Waals surface area (Å²) in [6.07, 6.45) is 6.43. The lowest BCUT2D eigenvalue weighted by atomic mass is 9.63. The molecule has 2 fully saturated rings. The van der Waals surface area contributed by atoms with Crippen molar-refractivity contribution in [2.24, 2.45) is 16.3 Å². The second kappa shape index (κ2) is 9.21. The number of carbonyl (C=O) groups is 2. The fraction of sp³-hybridized carbons (Fsp3) is 0.593. The van der Waals surface area contributed by atoms with Crippen LogP contribution in [0.1, 0.15) is 84.1 Å². The molecule has 1 aromatic rings. The summed E-state index contributed by atoms with van der Waals surface area (Å²) < 4.78 is 11.6. The lowest BCUT2D eigenvalue weighted by Gasteiger charge is -2.41. The van der Waals surface area contributed by atoms with Gasteiger partial charge < -0.3 is 9.47 Å². The lowest BCUT2D eigenvalue weighted by molar-refractivity contribution is -0.146. The molecule has 2 aliphatic carbocycles. The first-order valence-corrected chi connectivity index (χ1v) is 12.0. The molecule has 5 heteroatoms. The third kappa shape index (κ3) is 4.67. The second-order valence-electron chi connectivity index (χ2n) is 10.2. The summed E-state index contributed by atoms with van der Waals surface area (Å²) in [5, 5.41) is 0. The molecule has 0 radical (unpaired) electrons. The Hall–Kier alpha value is -2.43. The Morgan fingerprint density at radius 2 is 1.75 bits per heavy atom. The van der Waals surface area contributed by atoms with E-state index in [0.717, 1.165) is 49.1 Å². The van der Waals surface area contributed by atoms with E-state index in [1.807, 2.05) is 38.1 Å². The molecule has 172 valence electrons. The normalized spacial score (nSPS) is 25.8. The van der Waals surface area contributed by atoms with Crippen molar-refractivity contribution in [1.82, 2.24) is 0 Å². The molecule has 32 heavy (non-hydrogen) atoms. The fourth-order valence-electron chi connectivity index (χ4n) is 5.55. The zero-order chi connectivity index (χ0) is 22.9. The third-order valence-corrected chi connectivity index (χ3v) is 6.96. The molecule has 0 saturated heterocycles. The highest BCUT2D eigenvalue weighted by Gasteiger charge is 2.47. The standard InChI is InChI=1S/C27H35NO4/c1-5-31-19-13-11-18(12-14-19)24-23(26(30)32-20-9-7-6-8-10-20)17(2)28-21-15-27(3,4)16-22(29)25(21)24/h11-14,20,24-25H,5-10,15-16H2,1-4H3/t24-,25?/m0/s1. The SMILES string of the molecule is CCOc1ccc([C@H]2C(C(=O)OC3CCCCC3)=C(C)N=C3CC(C)(C)CC(=O)C32)cc1. The van der Waals surface area contributed by atoms with Gasteiger partial charge in [-0.3, -0.25) is 9.79 Å². The molecule has 1 unspecified atom stereocenters. The number of Topliss-reactive ketones (excluding diaryl/α,β-unsaturated/α-hetero) is 1. The fourth-order valence-corrected chi connectivity index (χ4v) is 5.55. The van der Waals surface area contributed by atoms with E-state index in [-0.39, 0.29) is 29.2 Å². The molecule has 0 amide bonds. The largest absolute Gasteiger partial charge is 0.494 e. The van der Waals surface area contributed by atoms with Crippen molar-refractivity contribution in [2.75, 3.05) is 6.61 Å². The number of ketones is 1. The number of allylic oxidation sites excluding steroid dienone is 1. The summed E-state index contributed by atoms with van der Waals surface area (Å²) >= 11 is 0. The maximum atomic E-state index is 13.5. The molecule has 1 aliphatic heterocycles. The summed E-state index contributed by atoms with van der Waals surface area (Å²) in [6.45, 7) is 8.65. The second-order valence-corrected chi connectivity index (χ2v) is 10.2. The number of hydrogen-bond acceptors (Lipinski definition) is 5. The van der Waals surface area contributed by atoms with E-state index < -0.39 is 5.92 Å². The molecular formula is C27H35NO4. The molecule has 0 spiro atoms. The number of hydrogen-bond donors (Lipinski definition) is 0. The number of esters is 1. The zero-order valence-electron chi connectivity index (χ0n) is 19.8. The van der Waals surface area contributed by atoms with E-state index >= 15 is 0 Å². The van der Waals surface area contributed by atoms with Gasteiger partial charge in [-0.05, 0) is 69.1 Å². The number of ether oxygens (including phenoxy) is 2. The van der Waals surface area contributed by atoms with Gasteiger partial charge in [0.05, 0.1) is 18.1 Å². The number of nitrogens with zero attached hydrogens (tertiary/aromatic N) is 1. The van der Waals surface area contributed by atoms with Crippen molar-refractivity contribution in [1.29, 1.82) is 0 Å². The highest BCUT2D eigenvalue weighted by atomic mass is 16.5. The van der Waals surface area contributed by atoms with Gasteiger partial charge in [0.1, 0.15) is 17.6 Å². The average molecular weight is 438 g/mol. The Labute approximate surface area is 191 Å². The minimum atomic E-state index is -0.404. The number of fused-ring (bicyclic) bond motifs is 1. The number of aliphatic imine (C=N–C) groups is 1. The van der Waals surface area contributed by atoms with Crippen molar-refractivity contribution < 1.29 is 19.1 Å². The number of benzene rings is 1. The third-order valence-electron chi connectivity index (χ3n) is 6.96. The predicted octanol–water partition coefficient (Wildman–Crippen LogP) is 5.78. The molecule has 5 nitrogen and oxygen atoms in total. The van der Waals surface area contributed by atoms with Gasteiger partial charge in [-0.2, -0.15) is 0 Å². The Morgan fingerprint density at radius 3 is 2.41 bits per heavy atom. The van der Waals surface area contributed by atoms with Gasteiger partial charge >= 0.3 is 5.97 Å². The topological polar surface area (TPSA) is 65.0 Å². The molecular weight excluding hydrogens is 402 g/mol. The molecule has 1 aromatic carbocycles. The minimum Gasteiger partial charge on any atom is -0.494 e. The molecule has 2 atom stereocenters. The first-order valence-electron chi connectivity index (χ1n) is 12.0. The molecule has 1 heterocycles. The van der Waals surface area contributed by atoms with Gasteiger partial charge in [-0.1, -0.05) is 32.4 Å². The first-order chi connectivity index (χ1) is 15.3. The van der Waals surface area contributed by atoms with Crippen LogP contribution in [0.3, 0.4) is 0 Å². The van der Waals surface area contributed by atoms with Crippen LogP contribution in [-0.2, 0) is 14.3 Å². The maximum Gasteiger partial charge on any atom is 0.336 e. The Bertz CT molecular complexity index is 935. The van der Waals surface area contributed by atoms with Crippen molar-refractivity contribution in [3.63, 3.8) is 0 Å². The van der Waals surface area contributed by atoms with Crippen molar-refractivity contribution in [3.05, 3.63) is 41.1 Å². The van der Waals surface area contributed by atoms with Crippen LogP contribution in [-0.4, -0.2) is 30.2 Å². The Balaban J connectivity index is 1.73. The van der Waals surface area contributed by atoms with Crippen molar-refractivity contribution in [2.45, 2.75) is 84.7 Å². The number of carbonyl (C=O) groups excluding carboxylic acids is 2. The van der Waals surface area contributed by atoms with Crippen LogP contribution in [0, 0.1) is 11.3 Å². The Kier molecular flexibility index (Phi) is 6.55. The summed E-state index contributed by atoms with van der Waals surface area (Å²) in [5.74, 6) is -0.136. The summed E-state index contributed by atoms with van der Waals surface area (Å²) in [5.41, 5.74) is 2.95. The van der Waals surface area contributed by atoms with E-state index in [2.05, 4.69) is 13.8 Å². The van der Waals surface area contributed by atoms with Crippen LogP contribution in [0.4, 0.5) is 0 Å². The van der Waals surface area contributed by atoms with Crippen LogP contribution in [0.2, 0.25) is 0 Å². The first kappa shape index (κ1) is 22.8. The van der Waals surface area contributed by atoms with Gasteiger partial charge in [0.25, 0.3) is 0 Å². The molecule has 0 bridgehead atoms. The van der Waals surface area contributed by atoms with Gasteiger partial charge in [0.2, 0.25) is 0 Å². The van der Waals surface area contributed by atoms with Crippen LogP contribution in [0.5, 0.6) is 5.75 Å². The smallest absolute Gasteiger partial charge is 0.336 e. The number of rotatable bonds is 5. The zero-order valence-corrected chi connectivity index (χ0v) is 19.8. The molecule has 0 aromatic heterocycles. The molecule has 3 aliphatic rings. The van der Waals surface area contributed by atoms with Crippen LogP contribution in [0.25, 0.3) is 0 Å². The summed E-state index contributed by atoms with van der Waals surface area (Å²) in [4.78, 5) is 31.7. The Morgan fingerprint density at radius 1 is 1.06 bits per heavy atom. The van der Waals surface area contributed by atoms with Crippen LogP contribution in [0.15, 0.2) is 40.5 Å². The van der Waals surface area contributed by atoms with Crippen LogP contribution >= 0.6 is 0 Å². The van der Waals surface area contributed by atoms with Gasteiger partial charge in [0, 0.05) is 23.7 Å². The van der Waals surface area contributed by atoms with Gasteiger partial charge in [0.15, 0.2) is 0 Å². The predicted molar refractivity (Wildman–Crippen MR) is 125 cm³/mol.